The molecule has 0 aliphatic heterocycles. The first kappa shape index (κ1) is 19.7. The van der Waals surface area contributed by atoms with Crippen molar-refractivity contribution in [3.8, 4) is 0 Å². The molecule has 0 fully saturated rings. The van der Waals surface area contributed by atoms with Gasteiger partial charge in [0, 0.05) is 17.3 Å². The third-order valence-corrected chi connectivity index (χ3v) is 4.76. The molecule has 142 valence electrons. The van der Waals surface area contributed by atoms with E-state index in [9.17, 15) is 9.50 Å². The first-order chi connectivity index (χ1) is 13.4. The minimum Gasteiger partial charge on any atom is -0.867 e. The number of anilines is 1. The van der Waals surface area contributed by atoms with Gasteiger partial charge in [0.15, 0.2) is 17.4 Å². The molecule has 3 nitrogen and oxygen atoms in total. The number of hydrogen-bond donors (Lipinski definition) is 1. The Morgan fingerprint density at radius 1 is 0.964 bits per heavy atom. The molecule has 0 unspecified atom stereocenters. The predicted octanol–water partition coefficient (Wildman–Crippen LogP) is 4.16. The van der Waals surface area contributed by atoms with Gasteiger partial charge in [-0.15, -0.1) is 0 Å². The van der Waals surface area contributed by atoms with Gasteiger partial charge in [0.2, 0.25) is 5.70 Å². The van der Waals surface area contributed by atoms with E-state index in [-0.39, 0.29) is 5.76 Å². The lowest BCUT2D eigenvalue weighted by molar-refractivity contribution is -0.578. The zero-order chi connectivity index (χ0) is 20.3. The fraction of sp³-hybridized carbons (Fsp3) is 0.130. The molecular formula is C23H21FN2OS. The minimum absolute atomic E-state index is 0.278. The molecule has 0 saturated carbocycles. The van der Waals surface area contributed by atoms with Crippen LogP contribution in [0.4, 0.5) is 10.1 Å². The van der Waals surface area contributed by atoms with Gasteiger partial charge in [-0.3, -0.25) is 0 Å². The number of thiocarbonyl (C=S) groups is 1. The zero-order valence-electron chi connectivity index (χ0n) is 16.0. The van der Waals surface area contributed by atoms with Gasteiger partial charge in [0.05, 0.1) is 0 Å². The Kier molecular flexibility index (Phi) is 5.85. The monoisotopic (exact) mass is 392 g/mol. The van der Waals surface area contributed by atoms with E-state index < -0.39 is 5.82 Å². The van der Waals surface area contributed by atoms with Crippen LogP contribution in [0.2, 0.25) is 0 Å². The van der Waals surface area contributed by atoms with E-state index in [1.807, 2.05) is 57.3 Å². The van der Waals surface area contributed by atoms with Crippen molar-refractivity contribution < 1.29 is 14.1 Å². The number of pyridine rings is 1. The van der Waals surface area contributed by atoms with Crippen molar-refractivity contribution in [2.45, 2.75) is 20.8 Å². The normalized spacial score (nSPS) is 11.7. The Bertz CT molecular complexity index is 1040. The quantitative estimate of drug-likeness (QED) is 0.314. The van der Waals surface area contributed by atoms with Crippen LogP contribution in [-0.4, -0.2) is 4.99 Å². The summed E-state index contributed by atoms with van der Waals surface area (Å²) in [7, 11) is 0. The van der Waals surface area contributed by atoms with E-state index in [1.165, 1.54) is 24.3 Å². The molecule has 1 aromatic heterocycles. The van der Waals surface area contributed by atoms with Gasteiger partial charge in [0.1, 0.15) is 5.82 Å². The number of para-hydroxylation sites is 1. The lowest BCUT2D eigenvalue weighted by atomic mass is 10.1. The van der Waals surface area contributed by atoms with Crippen LogP contribution in [0.15, 0.2) is 67.0 Å². The molecule has 3 aromatic rings. The maximum atomic E-state index is 13.3. The first-order valence-electron chi connectivity index (χ1n) is 8.90. The summed E-state index contributed by atoms with van der Waals surface area (Å²) in [5, 5.41) is 16.5. The Morgan fingerprint density at radius 2 is 1.61 bits per heavy atom. The second-order valence-electron chi connectivity index (χ2n) is 6.69. The SMILES string of the molecule is Cc1ccc[n+](C(C(=S)Nc2c(C)cccc2C)=C([O-])c2ccc(F)cc2)c1. The smallest absolute Gasteiger partial charge is 0.238 e. The van der Waals surface area contributed by atoms with Gasteiger partial charge in [-0.1, -0.05) is 42.5 Å². The first-order valence-corrected chi connectivity index (χ1v) is 9.30. The Balaban J connectivity index is 2.12. The van der Waals surface area contributed by atoms with E-state index in [2.05, 4.69) is 5.32 Å². The van der Waals surface area contributed by atoms with Crippen molar-refractivity contribution in [3.63, 3.8) is 0 Å². The van der Waals surface area contributed by atoms with E-state index in [0.717, 1.165) is 22.4 Å². The van der Waals surface area contributed by atoms with Crippen LogP contribution in [-0.2, 0) is 0 Å². The van der Waals surface area contributed by atoms with Crippen molar-refractivity contribution in [1.29, 1.82) is 0 Å². The predicted molar refractivity (Wildman–Crippen MR) is 113 cm³/mol. The summed E-state index contributed by atoms with van der Waals surface area (Å²) in [5.74, 6) is -0.670. The van der Waals surface area contributed by atoms with Gasteiger partial charge in [0.25, 0.3) is 0 Å². The number of aromatic nitrogens is 1. The molecule has 0 aliphatic carbocycles. The highest BCUT2D eigenvalue weighted by Crippen LogP contribution is 2.22. The van der Waals surface area contributed by atoms with Crippen LogP contribution in [0.5, 0.6) is 0 Å². The molecule has 5 heteroatoms. The number of hydrogen-bond acceptors (Lipinski definition) is 2. The van der Waals surface area contributed by atoms with Crippen LogP contribution in [0, 0.1) is 26.6 Å². The standard InChI is InChI=1S/C23H21FN2OS/c1-15-6-5-13-26(14-15)21(22(27)18-9-11-19(24)12-10-18)23(28)25-20-16(2)7-4-8-17(20)3/h4-14H,1-3H3,(H-,25,27,28). The maximum absolute atomic E-state index is 13.3. The highest BCUT2D eigenvalue weighted by molar-refractivity contribution is 7.81. The number of nitrogens with zero attached hydrogens (tertiary/aromatic N) is 1. The number of halogens is 1. The summed E-state index contributed by atoms with van der Waals surface area (Å²) in [6.45, 7) is 5.91. The highest BCUT2D eigenvalue weighted by atomic mass is 32.1. The molecule has 0 bridgehead atoms. The molecule has 2 aromatic carbocycles. The number of rotatable bonds is 4. The number of benzene rings is 2. The molecule has 0 aliphatic rings. The third-order valence-electron chi connectivity index (χ3n) is 4.46. The Labute approximate surface area is 169 Å². The molecule has 0 atom stereocenters. The average molecular weight is 392 g/mol. The van der Waals surface area contributed by atoms with Gasteiger partial charge in [-0.05, 0) is 61.4 Å². The third kappa shape index (κ3) is 4.26. The van der Waals surface area contributed by atoms with E-state index in [0.29, 0.717) is 16.2 Å². The molecular weight excluding hydrogens is 371 g/mol. The van der Waals surface area contributed by atoms with Crippen LogP contribution < -0.4 is 15.0 Å². The van der Waals surface area contributed by atoms with Crippen LogP contribution in [0.3, 0.4) is 0 Å². The van der Waals surface area contributed by atoms with Crippen LogP contribution in [0.25, 0.3) is 11.5 Å². The Morgan fingerprint density at radius 3 is 2.21 bits per heavy atom. The van der Waals surface area contributed by atoms with Gasteiger partial charge in [-0.2, -0.15) is 4.57 Å². The van der Waals surface area contributed by atoms with Gasteiger partial charge < -0.3 is 10.4 Å². The largest absolute Gasteiger partial charge is 0.867 e. The fourth-order valence-corrected chi connectivity index (χ4v) is 3.29. The summed E-state index contributed by atoms with van der Waals surface area (Å²) < 4.78 is 15.0. The molecule has 0 amide bonds. The fourth-order valence-electron chi connectivity index (χ4n) is 2.99. The van der Waals surface area contributed by atoms with E-state index in [4.69, 9.17) is 12.2 Å². The van der Waals surface area contributed by atoms with Crippen LogP contribution >= 0.6 is 12.2 Å². The molecule has 1 N–H and O–H groups in total. The average Bonchev–Trinajstić information content (AvgIpc) is 2.65. The summed E-state index contributed by atoms with van der Waals surface area (Å²) in [4.78, 5) is 0.308. The maximum Gasteiger partial charge on any atom is 0.238 e. The summed E-state index contributed by atoms with van der Waals surface area (Å²) in [6.07, 6.45) is 3.62. The van der Waals surface area contributed by atoms with Crippen molar-refractivity contribution in [2.24, 2.45) is 0 Å². The number of aryl methyl sites for hydroxylation is 3. The zero-order valence-corrected chi connectivity index (χ0v) is 16.8. The van der Waals surface area contributed by atoms with Crippen molar-refractivity contribution in [2.75, 3.05) is 5.32 Å². The molecule has 0 radical (unpaired) electrons. The topological polar surface area (TPSA) is 39.0 Å². The summed E-state index contributed by atoms with van der Waals surface area (Å²) in [5.41, 5.74) is 4.62. The second-order valence-corrected chi connectivity index (χ2v) is 7.10. The van der Waals surface area contributed by atoms with E-state index >= 15 is 0 Å². The van der Waals surface area contributed by atoms with Crippen molar-refractivity contribution in [1.82, 2.24) is 0 Å². The Hall–Kier alpha value is -3.05. The second kappa shape index (κ2) is 8.31. The van der Waals surface area contributed by atoms with Crippen molar-refractivity contribution >= 4 is 34.3 Å². The minimum atomic E-state index is -0.391. The lowest BCUT2D eigenvalue weighted by Gasteiger charge is -2.18. The molecule has 0 spiro atoms. The number of nitrogens with one attached hydrogen (secondary N) is 1. The van der Waals surface area contributed by atoms with Gasteiger partial charge >= 0.3 is 0 Å². The van der Waals surface area contributed by atoms with Crippen LogP contribution in [0.1, 0.15) is 22.3 Å². The molecule has 3 rings (SSSR count). The lowest BCUT2D eigenvalue weighted by Crippen LogP contribution is -2.40. The van der Waals surface area contributed by atoms with Gasteiger partial charge in [-0.25, -0.2) is 4.39 Å². The summed E-state index contributed by atoms with van der Waals surface area (Å²) >= 11 is 5.64. The molecule has 28 heavy (non-hydrogen) atoms. The van der Waals surface area contributed by atoms with Crippen molar-refractivity contribution in [3.05, 3.63) is 95.1 Å². The molecule has 1 heterocycles. The highest BCUT2D eigenvalue weighted by Gasteiger charge is 2.20. The molecule has 0 saturated heterocycles. The summed E-state index contributed by atoms with van der Waals surface area (Å²) in [6, 6.07) is 15.2. The van der Waals surface area contributed by atoms with E-state index in [1.54, 1.807) is 10.8 Å².